The third kappa shape index (κ3) is 4.60. The number of aromatic amines is 1. The highest BCUT2D eigenvalue weighted by atomic mass is 32.2. The van der Waals surface area contributed by atoms with Gasteiger partial charge in [0.05, 0.1) is 22.0 Å². The van der Waals surface area contributed by atoms with E-state index in [1.807, 2.05) is 54.6 Å². The van der Waals surface area contributed by atoms with E-state index in [2.05, 4.69) is 10.3 Å². The molecular weight excluding hydrogens is 448 g/mol. The molecule has 5 rings (SSSR count). The molecule has 0 bridgehead atoms. The Labute approximate surface area is 198 Å². The lowest BCUT2D eigenvalue weighted by Crippen LogP contribution is -2.31. The summed E-state index contributed by atoms with van der Waals surface area (Å²) in [7, 11) is -3.61. The smallest absolute Gasteiger partial charge is 0.251 e. The van der Waals surface area contributed by atoms with Crippen molar-refractivity contribution in [3.63, 3.8) is 0 Å². The minimum absolute atomic E-state index is 0.144. The molecule has 1 saturated heterocycles. The van der Waals surface area contributed by atoms with Crippen molar-refractivity contribution in [2.75, 3.05) is 13.1 Å². The molecular formula is C26H26N4O3S. The fourth-order valence-corrected chi connectivity index (χ4v) is 5.88. The lowest BCUT2D eigenvalue weighted by Gasteiger charge is -2.18. The minimum atomic E-state index is -3.61. The van der Waals surface area contributed by atoms with Gasteiger partial charge in [-0.15, -0.1) is 0 Å². The molecule has 1 unspecified atom stereocenters. The number of hydrogen-bond donors (Lipinski definition) is 2. The quantitative estimate of drug-likeness (QED) is 0.422. The normalized spacial score (nSPS) is 15.4. The standard InChI is InChI=1S/C26H26N4O3S/c31-26(20-11-8-12-21(18-20)34(32,33)30-15-6-7-16-30)29-24(17-19-9-2-1-3-10-19)25-27-22-13-4-5-14-23(22)28-25/h1-5,8-14,18,24H,6-7,15-17H2,(H,27,28)(H,29,31). The highest BCUT2D eigenvalue weighted by molar-refractivity contribution is 7.89. The Bertz CT molecular complexity index is 1380. The summed E-state index contributed by atoms with van der Waals surface area (Å²) in [6.07, 6.45) is 2.26. The van der Waals surface area contributed by atoms with E-state index in [1.165, 1.54) is 10.4 Å². The van der Waals surface area contributed by atoms with Crippen LogP contribution in [0.4, 0.5) is 0 Å². The van der Waals surface area contributed by atoms with E-state index in [0.717, 1.165) is 29.4 Å². The third-order valence-corrected chi connectivity index (χ3v) is 8.02. The average Bonchev–Trinajstić information content (AvgIpc) is 3.55. The molecule has 1 aliphatic rings. The first kappa shape index (κ1) is 22.3. The molecule has 7 nitrogen and oxygen atoms in total. The molecule has 1 aromatic heterocycles. The Morgan fingerprint density at radius 3 is 2.47 bits per heavy atom. The number of sulfonamides is 1. The van der Waals surface area contributed by atoms with Gasteiger partial charge in [-0.2, -0.15) is 4.31 Å². The maximum atomic E-state index is 13.3. The average molecular weight is 475 g/mol. The fourth-order valence-electron chi connectivity index (χ4n) is 4.32. The van der Waals surface area contributed by atoms with Crippen LogP contribution < -0.4 is 5.32 Å². The zero-order chi connectivity index (χ0) is 23.5. The van der Waals surface area contributed by atoms with E-state index >= 15 is 0 Å². The molecule has 1 atom stereocenters. The molecule has 2 N–H and O–H groups in total. The first-order chi connectivity index (χ1) is 16.5. The molecule has 3 aromatic carbocycles. The van der Waals surface area contributed by atoms with Crippen molar-refractivity contribution < 1.29 is 13.2 Å². The van der Waals surface area contributed by atoms with Crippen molar-refractivity contribution in [1.82, 2.24) is 19.6 Å². The van der Waals surface area contributed by atoms with Gasteiger partial charge in [-0.25, -0.2) is 13.4 Å². The molecule has 1 amide bonds. The molecule has 8 heteroatoms. The Kier molecular flexibility index (Phi) is 6.17. The number of fused-ring (bicyclic) bond motifs is 1. The second kappa shape index (κ2) is 9.40. The Morgan fingerprint density at radius 1 is 0.971 bits per heavy atom. The van der Waals surface area contributed by atoms with Crippen LogP contribution in [0, 0.1) is 0 Å². The number of imidazole rings is 1. The topological polar surface area (TPSA) is 95.2 Å². The van der Waals surface area contributed by atoms with Gasteiger partial charge in [0.1, 0.15) is 5.82 Å². The van der Waals surface area contributed by atoms with Gasteiger partial charge < -0.3 is 10.3 Å². The Balaban J connectivity index is 1.43. The number of nitrogens with zero attached hydrogens (tertiary/aromatic N) is 2. The maximum Gasteiger partial charge on any atom is 0.251 e. The molecule has 0 aliphatic carbocycles. The molecule has 34 heavy (non-hydrogen) atoms. The number of benzene rings is 3. The number of para-hydroxylation sites is 2. The summed E-state index contributed by atoms with van der Waals surface area (Å²) in [6, 6.07) is 23.4. The van der Waals surface area contributed by atoms with E-state index in [0.29, 0.717) is 30.9 Å². The van der Waals surface area contributed by atoms with E-state index in [1.54, 1.807) is 18.2 Å². The summed E-state index contributed by atoms with van der Waals surface area (Å²) in [5.74, 6) is 0.305. The van der Waals surface area contributed by atoms with Gasteiger partial charge in [-0.1, -0.05) is 48.5 Å². The van der Waals surface area contributed by atoms with Gasteiger partial charge in [0, 0.05) is 18.7 Å². The summed E-state index contributed by atoms with van der Waals surface area (Å²) in [5, 5.41) is 3.07. The lowest BCUT2D eigenvalue weighted by molar-refractivity contribution is 0.0934. The second-order valence-corrected chi connectivity index (χ2v) is 10.4. The van der Waals surface area contributed by atoms with E-state index in [4.69, 9.17) is 4.98 Å². The number of carbonyl (C=O) groups excluding carboxylic acids is 1. The zero-order valence-electron chi connectivity index (χ0n) is 18.6. The van der Waals surface area contributed by atoms with Gasteiger partial charge in [0.25, 0.3) is 5.91 Å². The van der Waals surface area contributed by atoms with Crippen molar-refractivity contribution in [3.05, 3.63) is 95.8 Å². The summed E-state index contributed by atoms with van der Waals surface area (Å²) in [5.41, 5.74) is 3.07. The molecule has 174 valence electrons. The first-order valence-electron chi connectivity index (χ1n) is 11.4. The summed E-state index contributed by atoms with van der Waals surface area (Å²) in [4.78, 5) is 21.4. The van der Waals surface area contributed by atoms with Crippen LogP contribution in [0.2, 0.25) is 0 Å². The van der Waals surface area contributed by atoms with Crippen LogP contribution >= 0.6 is 0 Å². The van der Waals surface area contributed by atoms with Crippen LogP contribution in [0.1, 0.15) is 40.6 Å². The van der Waals surface area contributed by atoms with Crippen molar-refractivity contribution in [2.24, 2.45) is 0 Å². The van der Waals surface area contributed by atoms with Gasteiger partial charge in [0.2, 0.25) is 10.0 Å². The highest BCUT2D eigenvalue weighted by Gasteiger charge is 2.28. The minimum Gasteiger partial charge on any atom is -0.342 e. The number of hydrogen-bond acceptors (Lipinski definition) is 4. The van der Waals surface area contributed by atoms with Crippen molar-refractivity contribution in [1.29, 1.82) is 0 Å². The SMILES string of the molecule is O=C(NC(Cc1ccccc1)c1nc2ccccc2[nH]1)c1cccc(S(=O)(=O)N2CCCC2)c1. The molecule has 0 spiro atoms. The molecule has 1 fully saturated rings. The van der Waals surface area contributed by atoms with Gasteiger partial charge in [-0.05, 0) is 55.2 Å². The summed E-state index contributed by atoms with van der Waals surface area (Å²) >= 11 is 0. The number of H-pyrrole nitrogens is 1. The predicted molar refractivity (Wildman–Crippen MR) is 131 cm³/mol. The van der Waals surface area contributed by atoms with Crippen LogP contribution in [-0.2, 0) is 16.4 Å². The van der Waals surface area contributed by atoms with E-state index in [9.17, 15) is 13.2 Å². The Hall–Kier alpha value is -3.49. The van der Waals surface area contributed by atoms with Gasteiger partial charge in [-0.3, -0.25) is 4.79 Å². The number of aromatic nitrogens is 2. The molecule has 0 saturated carbocycles. The number of rotatable bonds is 7. The van der Waals surface area contributed by atoms with Crippen LogP contribution in [0.15, 0.2) is 83.8 Å². The summed E-state index contributed by atoms with van der Waals surface area (Å²) in [6.45, 7) is 1.04. The van der Waals surface area contributed by atoms with Crippen LogP contribution in [-0.4, -0.2) is 41.7 Å². The highest BCUT2D eigenvalue weighted by Crippen LogP contribution is 2.23. The lowest BCUT2D eigenvalue weighted by atomic mass is 10.0. The van der Waals surface area contributed by atoms with Crippen LogP contribution in [0.25, 0.3) is 11.0 Å². The number of amides is 1. The van der Waals surface area contributed by atoms with Crippen molar-refractivity contribution in [3.8, 4) is 0 Å². The first-order valence-corrected chi connectivity index (χ1v) is 12.8. The molecule has 2 heterocycles. The maximum absolute atomic E-state index is 13.3. The molecule has 4 aromatic rings. The van der Waals surface area contributed by atoms with Crippen LogP contribution in [0.3, 0.4) is 0 Å². The zero-order valence-corrected chi connectivity index (χ0v) is 19.5. The third-order valence-electron chi connectivity index (χ3n) is 6.12. The summed E-state index contributed by atoms with van der Waals surface area (Å²) < 4.78 is 27.4. The second-order valence-electron chi connectivity index (χ2n) is 8.49. The van der Waals surface area contributed by atoms with Crippen LogP contribution in [0.5, 0.6) is 0 Å². The van der Waals surface area contributed by atoms with E-state index < -0.39 is 16.1 Å². The fraction of sp³-hybridized carbons (Fsp3) is 0.231. The molecule has 1 aliphatic heterocycles. The number of carbonyl (C=O) groups is 1. The Morgan fingerprint density at radius 2 is 1.71 bits per heavy atom. The molecule has 0 radical (unpaired) electrons. The van der Waals surface area contributed by atoms with E-state index in [-0.39, 0.29) is 10.8 Å². The predicted octanol–water partition coefficient (Wildman–Crippen LogP) is 4.06. The van der Waals surface area contributed by atoms with Gasteiger partial charge in [0.15, 0.2) is 0 Å². The largest absolute Gasteiger partial charge is 0.342 e. The van der Waals surface area contributed by atoms with Crippen molar-refractivity contribution >= 4 is 27.0 Å². The van der Waals surface area contributed by atoms with Gasteiger partial charge >= 0.3 is 0 Å². The van der Waals surface area contributed by atoms with Crippen molar-refractivity contribution in [2.45, 2.75) is 30.2 Å². The monoisotopic (exact) mass is 474 g/mol. The number of nitrogens with one attached hydrogen (secondary N) is 2.